The van der Waals surface area contributed by atoms with Crippen LogP contribution in [0.1, 0.15) is 0 Å². The molecule has 0 saturated carbocycles. The van der Waals surface area contributed by atoms with E-state index in [2.05, 4.69) is 10.6 Å². The molecule has 0 spiro atoms. The molecule has 0 aliphatic carbocycles. The highest BCUT2D eigenvalue weighted by Crippen LogP contribution is 2.16. The van der Waals surface area contributed by atoms with Gasteiger partial charge >= 0.3 is 0 Å². The highest BCUT2D eigenvalue weighted by atomic mass is 35.5. The monoisotopic (exact) mass is 182 g/mol. The third kappa shape index (κ3) is 1.71. The molecule has 64 valence electrons. The van der Waals surface area contributed by atoms with Crippen LogP contribution in [0.3, 0.4) is 0 Å². The Balaban J connectivity index is 2.02. The zero-order valence-electron chi connectivity index (χ0n) is 6.68. The van der Waals surface area contributed by atoms with Crippen molar-refractivity contribution in [1.82, 2.24) is 5.32 Å². The topological polar surface area (TPSA) is 24.1 Å². The lowest BCUT2D eigenvalue weighted by molar-refractivity contribution is 0.472. The van der Waals surface area contributed by atoms with E-state index in [1.54, 1.807) is 0 Å². The fourth-order valence-electron chi connectivity index (χ4n) is 1.20. The van der Waals surface area contributed by atoms with E-state index >= 15 is 0 Å². The predicted octanol–water partition coefficient (Wildman–Crippen LogP) is 1.72. The van der Waals surface area contributed by atoms with Gasteiger partial charge in [0, 0.05) is 23.8 Å². The number of nitrogens with one attached hydrogen (secondary N) is 2. The molecule has 0 amide bonds. The molecule has 0 unspecified atom stereocenters. The third-order valence-corrected chi connectivity index (χ3v) is 2.21. The Bertz CT molecular complexity index is 271. The Morgan fingerprint density at radius 1 is 1.42 bits per heavy atom. The Kier molecular flexibility index (Phi) is 2.19. The first-order chi connectivity index (χ1) is 5.84. The molecular formula is C9H11ClN2. The number of rotatable bonds is 2. The van der Waals surface area contributed by atoms with E-state index in [4.69, 9.17) is 11.6 Å². The van der Waals surface area contributed by atoms with Crippen LogP contribution in [-0.4, -0.2) is 19.1 Å². The summed E-state index contributed by atoms with van der Waals surface area (Å²) >= 11 is 5.83. The van der Waals surface area contributed by atoms with E-state index in [1.807, 2.05) is 24.3 Å². The van der Waals surface area contributed by atoms with Gasteiger partial charge in [-0.3, -0.25) is 0 Å². The summed E-state index contributed by atoms with van der Waals surface area (Å²) in [5, 5.41) is 7.36. The van der Waals surface area contributed by atoms with Crippen LogP contribution >= 0.6 is 11.6 Å². The summed E-state index contributed by atoms with van der Waals surface area (Å²) in [6.45, 7) is 2.10. The Hall–Kier alpha value is -0.730. The summed E-state index contributed by atoms with van der Waals surface area (Å²) in [6, 6.07) is 8.38. The van der Waals surface area contributed by atoms with E-state index in [9.17, 15) is 0 Å². The van der Waals surface area contributed by atoms with Gasteiger partial charge in [-0.25, -0.2) is 0 Å². The van der Waals surface area contributed by atoms with Crippen LogP contribution in [0.15, 0.2) is 24.3 Å². The molecule has 0 atom stereocenters. The van der Waals surface area contributed by atoms with Crippen molar-refractivity contribution in [2.45, 2.75) is 6.04 Å². The average molecular weight is 183 g/mol. The smallest absolute Gasteiger partial charge is 0.0510 e. The van der Waals surface area contributed by atoms with E-state index in [-0.39, 0.29) is 0 Å². The summed E-state index contributed by atoms with van der Waals surface area (Å²) in [6.07, 6.45) is 0. The second kappa shape index (κ2) is 3.33. The van der Waals surface area contributed by atoms with Gasteiger partial charge in [-0.15, -0.1) is 0 Å². The van der Waals surface area contributed by atoms with Gasteiger partial charge in [0.05, 0.1) is 6.04 Å². The number of benzene rings is 1. The van der Waals surface area contributed by atoms with E-state index < -0.39 is 0 Å². The zero-order chi connectivity index (χ0) is 8.39. The van der Waals surface area contributed by atoms with Crippen molar-refractivity contribution in [1.29, 1.82) is 0 Å². The fourth-order valence-corrected chi connectivity index (χ4v) is 1.39. The molecule has 1 aromatic carbocycles. The maximum absolute atomic E-state index is 5.83. The van der Waals surface area contributed by atoms with Gasteiger partial charge in [0.1, 0.15) is 0 Å². The molecule has 1 aliphatic rings. The van der Waals surface area contributed by atoms with Gasteiger partial charge in [-0.05, 0) is 18.2 Å². The largest absolute Gasteiger partial charge is 0.380 e. The van der Waals surface area contributed by atoms with Gasteiger partial charge in [-0.1, -0.05) is 17.7 Å². The molecule has 1 aromatic rings. The van der Waals surface area contributed by atoms with Gasteiger partial charge in [0.2, 0.25) is 0 Å². The molecule has 0 bridgehead atoms. The van der Waals surface area contributed by atoms with Gasteiger partial charge in [0.15, 0.2) is 0 Å². The first kappa shape index (κ1) is 7.90. The van der Waals surface area contributed by atoms with Crippen molar-refractivity contribution in [2.75, 3.05) is 18.4 Å². The van der Waals surface area contributed by atoms with Gasteiger partial charge in [-0.2, -0.15) is 0 Å². The molecule has 12 heavy (non-hydrogen) atoms. The second-order valence-corrected chi connectivity index (χ2v) is 3.45. The first-order valence-corrected chi connectivity index (χ1v) is 4.45. The molecule has 1 heterocycles. The highest BCUT2D eigenvalue weighted by molar-refractivity contribution is 6.30. The average Bonchev–Trinajstić information content (AvgIpc) is 1.97. The van der Waals surface area contributed by atoms with Crippen molar-refractivity contribution in [3.8, 4) is 0 Å². The number of hydrogen-bond acceptors (Lipinski definition) is 2. The minimum Gasteiger partial charge on any atom is -0.380 e. The van der Waals surface area contributed by atoms with E-state index in [1.165, 1.54) is 0 Å². The summed E-state index contributed by atoms with van der Waals surface area (Å²) in [5.74, 6) is 0. The molecular weight excluding hydrogens is 172 g/mol. The molecule has 0 aromatic heterocycles. The highest BCUT2D eigenvalue weighted by Gasteiger charge is 2.15. The van der Waals surface area contributed by atoms with Crippen LogP contribution in [0, 0.1) is 0 Å². The molecule has 1 aliphatic heterocycles. The third-order valence-electron chi connectivity index (χ3n) is 1.98. The van der Waals surface area contributed by atoms with Crippen LogP contribution in [0.2, 0.25) is 5.02 Å². The SMILES string of the molecule is Clc1cccc(NC2CNC2)c1. The first-order valence-electron chi connectivity index (χ1n) is 4.07. The lowest BCUT2D eigenvalue weighted by Crippen LogP contribution is -2.51. The fraction of sp³-hybridized carbons (Fsp3) is 0.333. The molecule has 2 nitrogen and oxygen atoms in total. The van der Waals surface area contributed by atoms with Crippen LogP contribution in [0.5, 0.6) is 0 Å². The van der Waals surface area contributed by atoms with Crippen LogP contribution < -0.4 is 10.6 Å². The van der Waals surface area contributed by atoms with Crippen LogP contribution in [0.25, 0.3) is 0 Å². The molecule has 2 rings (SSSR count). The minimum absolute atomic E-state index is 0.573. The summed E-state index contributed by atoms with van der Waals surface area (Å²) in [4.78, 5) is 0. The molecule has 1 saturated heterocycles. The van der Waals surface area contributed by atoms with Crippen molar-refractivity contribution in [3.63, 3.8) is 0 Å². The minimum atomic E-state index is 0.573. The number of anilines is 1. The standard InChI is InChI=1S/C9H11ClN2/c10-7-2-1-3-8(4-7)12-9-5-11-6-9/h1-4,9,11-12H,5-6H2. The van der Waals surface area contributed by atoms with Crippen molar-refractivity contribution >= 4 is 17.3 Å². The molecule has 0 radical (unpaired) electrons. The van der Waals surface area contributed by atoms with Crippen LogP contribution in [0.4, 0.5) is 5.69 Å². The molecule has 1 fully saturated rings. The van der Waals surface area contributed by atoms with Crippen molar-refractivity contribution in [3.05, 3.63) is 29.3 Å². The van der Waals surface area contributed by atoms with E-state index in [0.717, 1.165) is 23.8 Å². The maximum Gasteiger partial charge on any atom is 0.0510 e. The zero-order valence-corrected chi connectivity index (χ0v) is 7.43. The number of hydrogen-bond donors (Lipinski definition) is 2. The molecule has 3 heteroatoms. The number of halogens is 1. The predicted molar refractivity (Wildman–Crippen MR) is 51.7 cm³/mol. The van der Waals surface area contributed by atoms with Crippen molar-refractivity contribution in [2.24, 2.45) is 0 Å². The second-order valence-electron chi connectivity index (χ2n) is 3.01. The Morgan fingerprint density at radius 2 is 2.25 bits per heavy atom. The Labute approximate surface area is 76.9 Å². The maximum atomic E-state index is 5.83. The van der Waals surface area contributed by atoms with Crippen molar-refractivity contribution < 1.29 is 0 Å². The Morgan fingerprint density at radius 3 is 2.83 bits per heavy atom. The normalized spacial score (nSPS) is 17.1. The quantitative estimate of drug-likeness (QED) is 0.728. The summed E-state index contributed by atoms with van der Waals surface area (Å²) in [7, 11) is 0. The summed E-state index contributed by atoms with van der Waals surface area (Å²) < 4.78 is 0. The lowest BCUT2D eigenvalue weighted by Gasteiger charge is -2.28. The lowest BCUT2D eigenvalue weighted by atomic mass is 10.1. The molecule has 2 N–H and O–H groups in total. The van der Waals surface area contributed by atoms with Gasteiger partial charge in [0.25, 0.3) is 0 Å². The van der Waals surface area contributed by atoms with Crippen LogP contribution in [-0.2, 0) is 0 Å². The van der Waals surface area contributed by atoms with E-state index in [0.29, 0.717) is 6.04 Å². The summed E-state index contributed by atoms with van der Waals surface area (Å²) in [5.41, 5.74) is 1.11. The van der Waals surface area contributed by atoms with Gasteiger partial charge < -0.3 is 10.6 Å².